The molecule has 0 aliphatic carbocycles. The number of likely N-dealkylation sites (tertiary alicyclic amines) is 1. The molecule has 31 heavy (non-hydrogen) atoms. The van der Waals surface area contributed by atoms with E-state index in [1.54, 1.807) is 0 Å². The Morgan fingerprint density at radius 2 is 1.65 bits per heavy atom. The number of morpholine rings is 1. The first-order valence-corrected chi connectivity index (χ1v) is 11.1. The summed E-state index contributed by atoms with van der Waals surface area (Å²) in [5, 5.41) is 7.82. The lowest BCUT2D eigenvalue weighted by Crippen LogP contribution is -2.47. The van der Waals surface area contributed by atoms with Crippen LogP contribution in [0.3, 0.4) is 0 Å². The fraction of sp³-hybridized carbons (Fsp3) is 0.565. The molecule has 1 amide bonds. The van der Waals surface area contributed by atoms with E-state index in [2.05, 4.69) is 15.4 Å². The van der Waals surface area contributed by atoms with Gasteiger partial charge in [-0.1, -0.05) is 35.5 Å². The van der Waals surface area contributed by atoms with Gasteiger partial charge in [0.15, 0.2) is 11.6 Å². The van der Waals surface area contributed by atoms with Gasteiger partial charge in [0.05, 0.1) is 13.2 Å². The molecule has 1 N–H and O–H groups in total. The molecule has 0 unspecified atom stereocenters. The number of aromatic nitrogens is 1. The molecule has 1 aromatic heterocycles. The van der Waals surface area contributed by atoms with Crippen molar-refractivity contribution in [3.63, 3.8) is 0 Å². The highest BCUT2D eigenvalue weighted by Gasteiger charge is 2.39. The van der Waals surface area contributed by atoms with Crippen LogP contribution in [0.15, 0.2) is 34.9 Å². The number of piperidine rings is 2. The Hall–Kier alpha value is -2.09. The molecule has 8 heteroatoms. The molecular formula is C23H31ClN4O3. The Morgan fingerprint density at radius 1 is 0.968 bits per heavy atom. The maximum absolute atomic E-state index is 13.7. The van der Waals surface area contributed by atoms with Crippen molar-refractivity contribution in [2.45, 2.75) is 25.7 Å². The Bertz CT molecular complexity index is 866. The lowest BCUT2D eigenvalue weighted by Gasteiger charge is -2.44. The van der Waals surface area contributed by atoms with Crippen LogP contribution in [0.25, 0.3) is 11.3 Å². The standard InChI is InChI=1S/C23H30N4O3.ClH/c28-22(27-12-8-23(9-13-27)6-10-24-11-7-23)19-20(18-4-2-1-3-5-18)30-25-21(19)26-14-16-29-17-15-26;/h1-5,24H,6-17H2;1H. The molecule has 2 aromatic rings. The van der Waals surface area contributed by atoms with E-state index in [0.717, 1.165) is 57.7 Å². The van der Waals surface area contributed by atoms with Crippen LogP contribution >= 0.6 is 12.4 Å². The zero-order valence-corrected chi connectivity index (χ0v) is 18.7. The van der Waals surface area contributed by atoms with Crippen LogP contribution in [0, 0.1) is 5.41 Å². The highest BCUT2D eigenvalue weighted by molar-refractivity contribution is 6.04. The van der Waals surface area contributed by atoms with Gasteiger partial charge in [-0.2, -0.15) is 0 Å². The number of carbonyl (C=O) groups is 1. The third-order valence-electron chi connectivity index (χ3n) is 7.01. The van der Waals surface area contributed by atoms with Crippen LogP contribution in [0.5, 0.6) is 0 Å². The maximum atomic E-state index is 13.7. The van der Waals surface area contributed by atoms with E-state index in [9.17, 15) is 4.79 Å². The van der Waals surface area contributed by atoms with Gasteiger partial charge < -0.3 is 24.4 Å². The first kappa shape index (κ1) is 22.1. The number of rotatable bonds is 3. The van der Waals surface area contributed by atoms with Crippen LogP contribution in [0.2, 0.25) is 0 Å². The molecular weight excluding hydrogens is 416 g/mol. The molecule has 3 saturated heterocycles. The smallest absolute Gasteiger partial charge is 0.261 e. The van der Waals surface area contributed by atoms with Crippen molar-refractivity contribution in [1.29, 1.82) is 0 Å². The van der Waals surface area contributed by atoms with Crippen molar-refractivity contribution < 1.29 is 14.1 Å². The summed E-state index contributed by atoms with van der Waals surface area (Å²) in [6, 6.07) is 9.83. The minimum absolute atomic E-state index is 0. The number of benzene rings is 1. The Labute approximate surface area is 189 Å². The summed E-state index contributed by atoms with van der Waals surface area (Å²) in [7, 11) is 0. The van der Waals surface area contributed by atoms with Gasteiger partial charge in [0.1, 0.15) is 5.56 Å². The predicted octanol–water partition coefficient (Wildman–Crippen LogP) is 3.21. The van der Waals surface area contributed by atoms with Crippen molar-refractivity contribution in [2.24, 2.45) is 5.41 Å². The molecule has 0 radical (unpaired) electrons. The number of amides is 1. The van der Waals surface area contributed by atoms with Crippen molar-refractivity contribution in [1.82, 2.24) is 15.4 Å². The fourth-order valence-electron chi connectivity index (χ4n) is 5.05. The Morgan fingerprint density at radius 3 is 2.32 bits per heavy atom. The molecule has 1 spiro atoms. The third-order valence-corrected chi connectivity index (χ3v) is 7.01. The monoisotopic (exact) mass is 446 g/mol. The summed E-state index contributed by atoms with van der Waals surface area (Å²) in [6.45, 7) is 6.52. The molecule has 0 atom stereocenters. The van der Waals surface area contributed by atoms with Gasteiger partial charge in [0, 0.05) is 31.7 Å². The van der Waals surface area contributed by atoms with Crippen molar-refractivity contribution >= 4 is 24.1 Å². The number of anilines is 1. The van der Waals surface area contributed by atoms with E-state index in [-0.39, 0.29) is 18.3 Å². The first-order valence-electron chi connectivity index (χ1n) is 11.1. The van der Waals surface area contributed by atoms with Gasteiger partial charge in [-0.15, -0.1) is 12.4 Å². The van der Waals surface area contributed by atoms with Crippen LogP contribution in [-0.2, 0) is 4.74 Å². The summed E-state index contributed by atoms with van der Waals surface area (Å²) in [5.74, 6) is 1.27. The number of nitrogens with zero attached hydrogens (tertiary/aromatic N) is 3. The number of halogens is 1. The van der Waals surface area contributed by atoms with Crippen LogP contribution < -0.4 is 10.2 Å². The summed E-state index contributed by atoms with van der Waals surface area (Å²) < 4.78 is 11.3. The fourth-order valence-corrected chi connectivity index (χ4v) is 5.05. The molecule has 7 nitrogen and oxygen atoms in total. The van der Waals surface area contributed by atoms with Gasteiger partial charge in [-0.3, -0.25) is 4.79 Å². The lowest BCUT2D eigenvalue weighted by molar-refractivity contribution is 0.0496. The molecule has 0 bridgehead atoms. The predicted molar refractivity (Wildman–Crippen MR) is 122 cm³/mol. The van der Waals surface area contributed by atoms with E-state index in [1.807, 2.05) is 35.2 Å². The zero-order chi connectivity index (χ0) is 20.4. The topological polar surface area (TPSA) is 70.8 Å². The molecule has 3 aliphatic rings. The normalized spacial score (nSPS) is 21.0. The van der Waals surface area contributed by atoms with Gasteiger partial charge in [0.25, 0.3) is 5.91 Å². The SMILES string of the molecule is Cl.O=C(c1c(N2CCOCC2)noc1-c1ccccc1)N1CCC2(CCNCC2)CC1. The van der Waals surface area contributed by atoms with Gasteiger partial charge >= 0.3 is 0 Å². The summed E-state index contributed by atoms with van der Waals surface area (Å²) >= 11 is 0. The van der Waals surface area contributed by atoms with E-state index < -0.39 is 0 Å². The molecule has 5 rings (SSSR count). The van der Waals surface area contributed by atoms with E-state index in [1.165, 1.54) is 12.8 Å². The van der Waals surface area contributed by atoms with Gasteiger partial charge in [-0.25, -0.2) is 0 Å². The average Bonchev–Trinajstić information content (AvgIpc) is 3.26. The van der Waals surface area contributed by atoms with Crippen LogP contribution in [-0.4, -0.2) is 68.4 Å². The van der Waals surface area contributed by atoms with Gasteiger partial charge in [-0.05, 0) is 44.2 Å². The van der Waals surface area contributed by atoms with E-state index in [4.69, 9.17) is 9.26 Å². The minimum atomic E-state index is 0. The second-order valence-electron chi connectivity index (χ2n) is 8.72. The number of ether oxygens (including phenoxy) is 1. The first-order chi connectivity index (χ1) is 14.8. The van der Waals surface area contributed by atoms with E-state index >= 15 is 0 Å². The van der Waals surface area contributed by atoms with Gasteiger partial charge in [0.2, 0.25) is 0 Å². The number of hydrogen-bond acceptors (Lipinski definition) is 6. The summed E-state index contributed by atoms with van der Waals surface area (Å²) in [4.78, 5) is 17.9. The largest absolute Gasteiger partial charge is 0.378 e. The second-order valence-corrected chi connectivity index (χ2v) is 8.72. The molecule has 3 fully saturated rings. The van der Waals surface area contributed by atoms with E-state index in [0.29, 0.717) is 35.8 Å². The molecule has 3 aliphatic heterocycles. The Balaban J connectivity index is 0.00000231. The number of hydrogen-bond donors (Lipinski definition) is 1. The maximum Gasteiger partial charge on any atom is 0.261 e. The van der Waals surface area contributed by atoms with Crippen LogP contribution in [0.1, 0.15) is 36.0 Å². The number of carbonyl (C=O) groups excluding carboxylic acids is 1. The highest BCUT2D eigenvalue weighted by atomic mass is 35.5. The van der Waals surface area contributed by atoms with Crippen molar-refractivity contribution in [3.05, 3.63) is 35.9 Å². The molecule has 0 saturated carbocycles. The van der Waals surface area contributed by atoms with Crippen molar-refractivity contribution in [3.8, 4) is 11.3 Å². The Kier molecular flexibility index (Phi) is 6.84. The second kappa shape index (κ2) is 9.59. The number of nitrogens with one attached hydrogen (secondary N) is 1. The quantitative estimate of drug-likeness (QED) is 0.780. The molecule has 1 aromatic carbocycles. The summed E-state index contributed by atoms with van der Waals surface area (Å²) in [6.07, 6.45) is 4.60. The van der Waals surface area contributed by atoms with Crippen molar-refractivity contribution in [2.75, 3.05) is 57.4 Å². The third kappa shape index (κ3) is 4.45. The molecule has 4 heterocycles. The highest BCUT2D eigenvalue weighted by Crippen LogP contribution is 2.41. The average molecular weight is 447 g/mol. The molecule has 168 valence electrons. The lowest BCUT2D eigenvalue weighted by atomic mass is 9.71. The van der Waals surface area contributed by atoms with Crippen LogP contribution in [0.4, 0.5) is 5.82 Å². The zero-order valence-electron chi connectivity index (χ0n) is 17.8. The summed E-state index contributed by atoms with van der Waals surface area (Å²) in [5.41, 5.74) is 1.90. The minimum Gasteiger partial charge on any atom is -0.378 e.